The maximum absolute atomic E-state index is 6.57. The summed E-state index contributed by atoms with van der Waals surface area (Å²) in [6.07, 6.45) is 2.20. The van der Waals surface area contributed by atoms with Crippen molar-refractivity contribution in [2.75, 3.05) is 58.3 Å². The van der Waals surface area contributed by atoms with Crippen molar-refractivity contribution in [2.45, 2.75) is 0 Å². The topological polar surface area (TPSA) is 47.0 Å². The molecule has 0 unspecified atom stereocenters. The highest BCUT2D eigenvalue weighted by Crippen LogP contribution is 2.34. The number of pyridine rings is 1. The van der Waals surface area contributed by atoms with E-state index in [0.29, 0.717) is 0 Å². The highest BCUT2D eigenvalue weighted by atomic mass is 127. The second kappa shape index (κ2) is 8.38. The number of nitrogens with zero attached hydrogens (tertiary/aromatic N) is 5. The molecule has 1 aromatic heterocycles. The summed E-state index contributed by atoms with van der Waals surface area (Å²) in [6, 6.07) is 8.41. The third kappa shape index (κ3) is 4.42. The Labute approximate surface area is 175 Å². The quantitative estimate of drug-likeness (QED) is 0.505. The summed E-state index contributed by atoms with van der Waals surface area (Å²) >= 11 is 6.27. The van der Waals surface area contributed by atoms with E-state index < -0.39 is 0 Å². The molecule has 27 heavy (non-hydrogen) atoms. The number of aromatic nitrogens is 1. The van der Waals surface area contributed by atoms with Gasteiger partial charge < -0.3 is 18.2 Å². The Balaban J connectivity index is 1.58. The Hall–Kier alpha value is -1.29. The van der Waals surface area contributed by atoms with Crippen LogP contribution < -0.4 is 10.2 Å². The van der Waals surface area contributed by atoms with Crippen LogP contribution >= 0.6 is 32.9 Å². The van der Waals surface area contributed by atoms with E-state index in [2.05, 4.69) is 56.7 Å². The van der Waals surface area contributed by atoms with Gasteiger partial charge in [0.15, 0.2) is 0 Å². The van der Waals surface area contributed by atoms with Crippen LogP contribution in [-0.2, 0) is 0 Å². The molecule has 144 valence electrons. The monoisotopic (exact) mass is 498 g/mol. The Kier molecular flexibility index (Phi) is 5.91. The number of fused-ring (bicyclic) bond motifs is 1. The van der Waals surface area contributed by atoms with Gasteiger partial charge in [0.1, 0.15) is 27.1 Å². The van der Waals surface area contributed by atoms with Crippen LogP contribution in [0.5, 0.6) is 0 Å². The molecule has 0 atom stereocenters. The van der Waals surface area contributed by atoms with E-state index in [1.54, 1.807) is 0 Å². The van der Waals surface area contributed by atoms with E-state index in [1.807, 2.05) is 6.07 Å². The molecule has 1 N–H and O–H groups in total. The van der Waals surface area contributed by atoms with Gasteiger partial charge in [0.25, 0.3) is 0 Å². The number of piperazine rings is 1. The van der Waals surface area contributed by atoms with Crippen molar-refractivity contribution in [3.8, 4) is 0 Å². The molecule has 3 heterocycles. The second-order valence-electron chi connectivity index (χ2n) is 7.04. The van der Waals surface area contributed by atoms with Crippen LogP contribution in [0.25, 0.3) is 16.6 Å². The van der Waals surface area contributed by atoms with Gasteiger partial charge in [-0.1, -0.05) is 17.7 Å². The molecule has 2 aliphatic heterocycles. The van der Waals surface area contributed by atoms with Crippen molar-refractivity contribution in [2.24, 2.45) is 3.15 Å². The fourth-order valence-electron chi connectivity index (χ4n) is 3.19. The Bertz CT molecular complexity index is 891. The predicted molar refractivity (Wildman–Crippen MR) is 122 cm³/mol. The molecule has 1 aromatic carbocycles. The minimum absolute atomic E-state index is 0.302. The number of hydrogen-bond donors (Lipinski definition) is 1. The van der Waals surface area contributed by atoms with Crippen LogP contribution in [0.4, 0.5) is 5.82 Å². The first-order chi connectivity index (χ1) is 13.1. The van der Waals surface area contributed by atoms with E-state index in [4.69, 9.17) is 19.7 Å². The smallest absolute Gasteiger partial charge is 0.148 e. The first kappa shape index (κ1) is 19.0. The molecular weight excluding hydrogens is 475 g/mol. The SMILES string of the molecule is CN(C)CCN1C=C(c2ccc3nc(N4CCNCC4)c(Cl)cc3c2)N=I1. The van der Waals surface area contributed by atoms with Gasteiger partial charge in [0.2, 0.25) is 0 Å². The Morgan fingerprint density at radius 2 is 2.04 bits per heavy atom. The van der Waals surface area contributed by atoms with Gasteiger partial charge in [-0.15, -0.1) is 0 Å². The minimum atomic E-state index is -0.302. The maximum atomic E-state index is 6.57. The zero-order chi connectivity index (χ0) is 18.8. The van der Waals surface area contributed by atoms with Gasteiger partial charge >= 0.3 is 0 Å². The van der Waals surface area contributed by atoms with E-state index in [0.717, 1.165) is 72.3 Å². The third-order valence-corrected chi connectivity index (χ3v) is 7.04. The van der Waals surface area contributed by atoms with Crippen LogP contribution in [0.15, 0.2) is 33.6 Å². The number of hydrogen-bond acceptors (Lipinski definition) is 6. The lowest BCUT2D eigenvalue weighted by molar-refractivity contribution is 0.389. The summed E-state index contributed by atoms with van der Waals surface area (Å²) < 4.78 is 7.15. The summed E-state index contributed by atoms with van der Waals surface area (Å²) in [4.78, 5) is 9.30. The van der Waals surface area contributed by atoms with Crippen LogP contribution in [0.1, 0.15) is 5.56 Å². The number of likely N-dealkylation sites (N-methyl/N-ethyl adjacent to an activating group) is 1. The molecule has 2 aromatic rings. The number of benzene rings is 1. The normalized spacial score (nSPS) is 17.6. The molecule has 1 saturated heterocycles. The average Bonchev–Trinajstić information content (AvgIpc) is 3.15. The largest absolute Gasteiger partial charge is 0.353 e. The van der Waals surface area contributed by atoms with E-state index in [9.17, 15) is 0 Å². The molecule has 0 aliphatic carbocycles. The lowest BCUT2D eigenvalue weighted by Gasteiger charge is -2.29. The maximum Gasteiger partial charge on any atom is 0.148 e. The van der Waals surface area contributed by atoms with Crippen molar-refractivity contribution in [3.05, 3.63) is 41.1 Å². The number of halogens is 2. The van der Waals surface area contributed by atoms with Crippen molar-refractivity contribution >= 4 is 55.3 Å². The standard InChI is InChI=1S/C19H24ClIN6/c1-25(2)9-10-27-13-18(24-21-27)14-3-4-17-15(11-14)12-16(20)19(23-17)26-7-5-22-6-8-26/h3-4,11-13,22H,5-10H2,1-2H3. The Morgan fingerprint density at radius 1 is 1.22 bits per heavy atom. The lowest BCUT2D eigenvalue weighted by atomic mass is 10.1. The molecule has 6 nitrogen and oxygen atoms in total. The van der Waals surface area contributed by atoms with Crippen molar-refractivity contribution in [3.63, 3.8) is 0 Å². The highest BCUT2D eigenvalue weighted by molar-refractivity contribution is 14.1. The summed E-state index contributed by atoms with van der Waals surface area (Å²) in [5.74, 6) is 0.893. The van der Waals surface area contributed by atoms with Gasteiger partial charge in [-0.25, -0.2) is 8.13 Å². The van der Waals surface area contributed by atoms with Crippen LogP contribution in [0.2, 0.25) is 5.02 Å². The van der Waals surface area contributed by atoms with E-state index >= 15 is 0 Å². The van der Waals surface area contributed by atoms with Crippen LogP contribution in [0, 0.1) is 0 Å². The minimum Gasteiger partial charge on any atom is -0.353 e. The van der Waals surface area contributed by atoms with Gasteiger partial charge in [-0.05, 0) is 32.3 Å². The summed E-state index contributed by atoms with van der Waals surface area (Å²) in [5.41, 5.74) is 3.20. The van der Waals surface area contributed by atoms with Crippen molar-refractivity contribution in [1.82, 2.24) is 18.3 Å². The first-order valence-corrected chi connectivity index (χ1v) is 11.5. The summed E-state index contributed by atoms with van der Waals surface area (Å²) in [5, 5.41) is 5.15. The van der Waals surface area contributed by atoms with Crippen LogP contribution in [-0.4, -0.2) is 66.4 Å². The molecule has 0 radical (unpaired) electrons. The number of rotatable bonds is 5. The van der Waals surface area contributed by atoms with Gasteiger partial charge in [-0.2, -0.15) is 0 Å². The first-order valence-electron chi connectivity index (χ1n) is 9.15. The van der Waals surface area contributed by atoms with Crippen molar-refractivity contribution in [1.29, 1.82) is 0 Å². The zero-order valence-corrected chi connectivity index (χ0v) is 18.5. The Morgan fingerprint density at radius 3 is 2.81 bits per heavy atom. The highest BCUT2D eigenvalue weighted by Gasteiger charge is 2.17. The predicted octanol–water partition coefficient (Wildman–Crippen LogP) is 3.54. The van der Waals surface area contributed by atoms with E-state index in [1.165, 1.54) is 0 Å². The molecule has 0 amide bonds. The molecular formula is C19H24ClIN6. The molecule has 1 fully saturated rings. The van der Waals surface area contributed by atoms with E-state index in [-0.39, 0.29) is 21.3 Å². The third-order valence-electron chi connectivity index (χ3n) is 4.71. The molecule has 0 spiro atoms. The van der Waals surface area contributed by atoms with Gasteiger partial charge in [-0.3, -0.25) is 0 Å². The van der Waals surface area contributed by atoms with Crippen molar-refractivity contribution < 1.29 is 0 Å². The second-order valence-corrected chi connectivity index (χ2v) is 9.60. The average molecular weight is 499 g/mol. The molecule has 8 heteroatoms. The zero-order valence-electron chi connectivity index (χ0n) is 15.6. The number of anilines is 1. The molecule has 0 bridgehead atoms. The van der Waals surface area contributed by atoms with Gasteiger partial charge in [0, 0.05) is 56.4 Å². The molecule has 4 rings (SSSR count). The number of nitrogens with one attached hydrogen (secondary N) is 1. The van der Waals surface area contributed by atoms with Crippen LogP contribution in [0.3, 0.4) is 0 Å². The fraction of sp³-hybridized carbons (Fsp3) is 0.421. The summed E-state index contributed by atoms with van der Waals surface area (Å²) in [7, 11) is 4.20. The van der Waals surface area contributed by atoms with Gasteiger partial charge in [0.05, 0.1) is 16.2 Å². The lowest BCUT2D eigenvalue weighted by Crippen LogP contribution is -2.44. The summed E-state index contributed by atoms with van der Waals surface area (Å²) in [6.45, 7) is 5.90. The molecule has 0 saturated carbocycles. The molecule has 2 aliphatic rings. The fourth-order valence-corrected chi connectivity index (χ4v) is 5.20.